The van der Waals surface area contributed by atoms with E-state index >= 15 is 0 Å². The zero-order chi connectivity index (χ0) is 15.7. The average Bonchev–Trinajstić information content (AvgIpc) is 2.95. The van der Waals surface area contributed by atoms with Crippen molar-refractivity contribution in [3.05, 3.63) is 29.6 Å². The molecule has 0 amide bonds. The lowest BCUT2D eigenvalue weighted by atomic mass is 10.2. The summed E-state index contributed by atoms with van der Waals surface area (Å²) in [6.07, 6.45) is 0.984. The van der Waals surface area contributed by atoms with Gasteiger partial charge < -0.3 is 5.11 Å². The quantitative estimate of drug-likeness (QED) is 0.831. The van der Waals surface area contributed by atoms with E-state index < -0.39 is 15.8 Å². The Balaban J connectivity index is 2.32. The van der Waals surface area contributed by atoms with Crippen molar-refractivity contribution < 1.29 is 17.9 Å². The van der Waals surface area contributed by atoms with Crippen molar-refractivity contribution >= 4 is 10.0 Å². The summed E-state index contributed by atoms with van der Waals surface area (Å²) in [6, 6.07) is 3.31. The minimum absolute atomic E-state index is 0.0305. The molecule has 114 valence electrons. The first-order valence-electron chi connectivity index (χ1n) is 6.68. The Hall–Kier alpha value is -1.42. The zero-order valence-corrected chi connectivity index (χ0v) is 12.8. The molecule has 0 heterocycles. The fourth-order valence-electron chi connectivity index (χ4n) is 1.97. The second kappa shape index (κ2) is 5.76. The van der Waals surface area contributed by atoms with E-state index in [1.54, 1.807) is 0 Å². The van der Waals surface area contributed by atoms with Gasteiger partial charge in [-0.15, -0.1) is 0 Å². The van der Waals surface area contributed by atoms with E-state index in [0.29, 0.717) is 0 Å². The van der Waals surface area contributed by atoms with Crippen LogP contribution in [0.5, 0.6) is 0 Å². The second-order valence-corrected chi connectivity index (χ2v) is 7.46. The van der Waals surface area contributed by atoms with Crippen LogP contribution in [0.3, 0.4) is 0 Å². The number of rotatable bonds is 4. The smallest absolute Gasteiger partial charge is 0.242 e. The second-order valence-electron chi connectivity index (χ2n) is 5.78. The Kier molecular flexibility index (Phi) is 4.38. The van der Waals surface area contributed by atoms with Gasteiger partial charge in [-0.05, 0) is 30.0 Å². The number of aliphatic hydroxyl groups is 1. The number of benzene rings is 1. The van der Waals surface area contributed by atoms with E-state index in [-0.39, 0.29) is 34.9 Å². The van der Waals surface area contributed by atoms with Crippen LogP contribution in [0.25, 0.3) is 0 Å². The maximum atomic E-state index is 13.3. The largest absolute Gasteiger partial charge is 0.395 e. The SMILES string of the molecule is CC1(C)CC1NS(=O)(=O)c1ccc(F)cc1C#CCCO. The molecule has 1 aliphatic rings. The van der Waals surface area contributed by atoms with Gasteiger partial charge >= 0.3 is 0 Å². The van der Waals surface area contributed by atoms with Gasteiger partial charge in [-0.1, -0.05) is 25.7 Å². The van der Waals surface area contributed by atoms with E-state index in [2.05, 4.69) is 16.6 Å². The lowest BCUT2D eigenvalue weighted by Gasteiger charge is -2.10. The molecule has 0 bridgehead atoms. The van der Waals surface area contributed by atoms with Crippen LogP contribution in [0.4, 0.5) is 4.39 Å². The van der Waals surface area contributed by atoms with Gasteiger partial charge in [0.15, 0.2) is 0 Å². The van der Waals surface area contributed by atoms with E-state index in [0.717, 1.165) is 18.6 Å². The minimum atomic E-state index is -3.73. The Morgan fingerprint density at radius 2 is 2.14 bits per heavy atom. The molecule has 4 nitrogen and oxygen atoms in total. The van der Waals surface area contributed by atoms with Gasteiger partial charge in [-0.25, -0.2) is 17.5 Å². The van der Waals surface area contributed by atoms with E-state index in [1.165, 1.54) is 6.07 Å². The van der Waals surface area contributed by atoms with E-state index in [9.17, 15) is 12.8 Å². The Bertz CT molecular complexity index is 701. The number of aliphatic hydroxyl groups excluding tert-OH is 1. The minimum Gasteiger partial charge on any atom is -0.395 e. The monoisotopic (exact) mass is 311 g/mol. The highest BCUT2D eigenvalue weighted by Gasteiger charge is 2.48. The van der Waals surface area contributed by atoms with Crippen molar-refractivity contribution in [1.29, 1.82) is 0 Å². The average molecular weight is 311 g/mol. The van der Waals surface area contributed by atoms with Crippen molar-refractivity contribution in [2.75, 3.05) is 6.61 Å². The van der Waals surface area contributed by atoms with Crippen LogP contribution in [-0.4, -0.2) is 26.2 Å². The normalized spacial score (nSPS) is 19.7. The molecular formula is C15H18FNO3S. The van der Waals surface area contributed by atoms with Gasteiger partial charge in [0, 0.05) is 18.0 Å². The summed E-state index contributed by atoms with van der Waals surface area (Å²) < 4.78 is 40.7. The number of sulfonamides is 1. The third-order valence-corrected chi connectivity index (χ3v) is 5.03. The topological polar surface area (TPSA) is 66.4 Å². The van der Waals surface area contributed by atoms with Crippen LogP contribution in [0, 0.1) is 23.1 Å². The van der Waals surface area contributed by atoms with Crippen LogP contribution < -0.4 is 4.72 Å². The molecule has 0 aliphatic heterocycles. The highest BCUT2D eigenvalue weighted by molar-refractivity contribution is 7.89. The molecule has 1 atom stereocenters. The number of nitrogens with one attached hydrogen (secondary N) is 1. The fraction of sp³-hybridized carbons (Fsp3) is 0.467. The Morgan fingerprint density at radius 1 is 1.48 bits per heavy atom. The molecule has 0 spiro atoms. The van der Waals surface area contributed by atoms with Gasteiger partial charge in [-0.3, -0.25) is 0 Å². The van der Waals surface area contributed by atoms with Gasteiger partial charge in [0.25, 0.3) is 0 Å². The molecule has 1 aliphatic carbocycles. The first kappa shape index (κ1) is 16.0. The molecule has 1 fully saturated rings. The lowest BCUT2D eigenvalue weighted by Crippen LogP contribution is -2.29. The summed E-state index contributed by atoms with van der Waals surface area (Å²) >= 11 is 0. The number of hydrogen-bond acceptors (Lipinski definition) is 3. The van der Waals surface area contributed by atoms with Crippen molar-refractivity contribution in [1.82, 2.24) is 4.72 Å². The predicted molar refractivity (Wildman–Crippen MR) is 77.5 cm³/mol. The standard InChI is InChI=1S/C15H18FNO3S/c1-15(2)10-14(15)17-21(19,20)13-7-6-12(16)9-11(13)5-3-4-8-18/h6-7,9,14,17-18H,4,8,10H2,1-2H3. The van der Waals surface area contributed by atoms with Crippen molar-refractivity contribution in [2.45, 2.75) is 37.6 Å². The molecule has 0 aromatic heterocycles. The van der Waals surface area contributed by atoms with Crippen LogP contribution in [-0.2, 0) is 10.0 Å². The van der Waals surface area contributed by atoms with Gasteiger partial charge in [0.1, 0.15) is 5.82 Å². The number of halogens is 1. The van der Waals surface area contributed by atoms with Crippen LogP contribution in [0.15, 0.2) is 23.1 Å². The third-order valence-electron chi connectivity index (χ3n) is 3.50. The van der Waals surface area contributed by atoms with Gasteiger partial charge in [-0.2, -0.15) is 0 Å². The Morgan fingerprint density at radius 3 is 2.71 bits per heavy atom. The summed E-state index contributed by atoms with van der Waals surface area (Å²) in [7, 11) is -3.73. The fourth-order valence-corrected chi connectivity index (χ4v) is 3.52. The molecule has 0 radical (unpaired) electrons. The lowest BCUT2D eigenvalue weighted by molar-refractivity contribution is 0.305. The summed E-state index contributed by atoms with van der Waals surface area (Å²) in [6.45, 7) is 3.83. The predicted octanol–water partition coefficient (Wildman–Crippen LogP) is 1.64. The molecule has 21 heavy (non-hydrogen) atoms. The van der Waals surface area contributed by atoms with Gasteiger partial charge in [0.05, 0.1) is 11.5 Å². The van der Waals surface area contributed by atoms with Crippen LogP contribution in [0.2, 0.25) is 0 Å². The summed E-state index contributed by atoms with van der Waals surface area (Å²) in [5, 5.41) is 8.71. The zero-order valence-electron chi connectivity index (χ0n) is 12.0. The highest BCUT2D eigenvalue weighted by atomic mass is 32.2. The third kappa shape index (κ3) is 3.82. The van der Waals surface area contributed by atoms with Crippen LogP contribution in [0.1, 0.15) is 32.3 Å². The van der Waals surface area contributed by atoms with E-state index in [1.807, 2.05) is 13.8 Å². The highest BCUT2D eigenvalue weighted by Crippen LogP contribution is 2.45. The summed E-state index contributed by atoms with van der Waals surface area (Å²) in [5.74, 6) is 4.68. The summed E-state index contributed by atoms with van der Waals surface area (Å²) in [4.78, 5) is -0.0305. The molecule has 1 saturated carbocycles. The molecule has 6 heteroatoms. The van der Waals surface area contributed by atoms with Gasteiger partial charge in [0.2, 0.25) is 10.0 Å². The first-order chi connectivity index (χ1) is 9.76. The number of hydrogen-bond donors (Lipinski definition) is 2. The Labute approximate surface area is 124 Å². The van der Waals surface area contributed by atoms with Crippen molar-refractivity contribution in [2.24, 2.45) is 5.41 Å². The van der Waals surface area contributed by atoms with Crippen molar-refractivity contribution in [3.8, 4) is 11.8 Å². The molecular weight excluding hydrogens is 293 g/mol. The van der Waals surface area contributed by atoms with Crippen molar-refractivity contribution in [3.63, 3.8) is 0 Å². The van der Waals surface area contributed by atoms with Crippen LogP contribution >= 0.6 is 0 Å². The maximum Gasteiger partial charge on any atom is 0.242 e. The molecule has 0 saturated heterocycles. The first-order valence-corrected chi connectivity index (χ1v) is 8.16. The van der Waals surface area contributed by atoms with E-state index in [4.69, 9.17) is 5.11 Å². The molecule has 1 aromatic rings. The molecule has 2 rings (SSSR count). The maximum absolute atomic E-state index is 13.3. The molecule has 1 aromatic carbocycles. The molecule has 1 unspecified atom stereocenters. The molecule has 2 N–H and O–H groups in total. The summed E-state index contributed by atoms with van der Waals surface area (Å²) in [5.41, 5.74) is 0.0601.